The van der Waals surface area contributed by atoms with Gasteiger partial charge < -0.3 is 10.2 Å². The summed E-state index contributed by atoms with van der Waals surface area (Å²) in [6, 6.07) is 4.82. The number of urea groups is 1. The predicted molar refractivity (Wildman–Crippen MR) is 98.6 cm³/mol. The third kappa shape index (κ3) is 4.51. The van der Waals surface area contributed by atoms with Crippen molar-refractivity contribution in [3.63, 3.8) is 0 Å². The molecule has 10 heteroatoms. The van der Waals surface area contributed by atoms with E-state index in [1.54, 1.807) is 23.1 Å². The van der Waals surface area contributed by atoms with Gasteiger partial charge in [-0.2, -0.15) is 5.10 Å². The Morgan fingerprint density at radius 3 is 2.88 bits per heavy atom. The Labute approximate surface area is 152 Å². The molecule has 1 atom stereocenters. The zero-order valence-corrected chi connectivity index (χ0v) is 15.5. The van der Waals surface area contributed by atoms with Crippen molar-refractivity contribution in [2.45, 2.75) is 25.7 Å². The maximum absolute atomic E-state index is 12.7. The number of anilines is 2. The van der Waals surface area contributed by atoms with Gasteiger partial charge in [0.05, 0.1) is 11.9 Å². The normalized spacial score (nSPS) is 17.8. The fraction of sp³-hybridized carbons (Fsp3) is 0.438. The summed E-state index contributed by atoms with van der Waals surface area (Å²) in [7, 11) is -3.38. The van der Waals surface area contributed by atoms with Crippen LogP contribution in [0.1, 0.15) is 30.1 Å². The molecule has 0 saturated carbocycles. The first-order chi connectivity index (χ1) is 12.3. The number of piperidine rings is 1. The first kappa shape index (κ1) is 18.2. The summed E-state index contributed by atoms with van der Waals surface area (Å²) in [6.07, 6.45) is 4.39. The SMILES string of the molecule is Cc1ccc(NS(C)(=O)=O)cc1NC(=O)N1CCC[C@@H](c2ncn[nH]2)C1. The lowest BCUT2D eigenvalue weighted by Gasteiger charge is -2.31. The zero-order chi connectivity index (χ0) is 18.7. The smallest absolute Gasteiger partial charge is 0.321 e. The van der Waals surface area contributed by atoms with Gasteiger partial charge in [-0.05, 0) is 37.5 Å². The van der Waals surface area contributed by atoms with Crippen LogP contribution in [0.2, 0.25) is 0 Å². The minimum Gasteiger partial charge on any atom is -0.324 e. The minimum absolute atomic E-state index is 0.135. The van der Waals surface area contributed by atoms with Crippen LogP contribution >= 0.6 is 0 Å². The molecule has 2 heterocycles. The lowest BCUT2D eigenvalue weighted by Crippen LogP contribution is -2.42. The maximum Gasteiger partial charge on any atom is 0.321 e. The van der Waals surface area contributed by atoms with Gasteiger partial charge in [0.25, 0.3) is 0 Å². The molecule has 0 radical (unpaired) electrons. The van der Waals surface area contributed by atoms with Crippen LogP contribution in [0.15, 0.2) is 24.5 Å². The molecule has 0 aliphatic carbocycles. The predicted octanol–water partition coefficient (Wildman–Crippen LogP) is 1.90. The molecule has 0 unspecified atom stereocenters. The molecular weight excluding hydrogens is 356 g/mol. The number of carbonyl (C=O) groups excluding carboxylic acids is 1. The van der Waals surface area contributed by atoms with Gasteiger partial charge >= 0.3 is 6.03 Å². The van der Waals surface area contributed by atoms with Gasteiger partial charge in [0.1, 0.15) is 12.2 Å². The molecule has 1 aromatic heterocycles. The van der Waals surface area contributed by atoms with Crippen LogP contribution in [-0.4, -0.2) is 53.9 Å². The zero-order valence-electron chi connectivity index (χ0n) is 14.7. The standard InChI is InChI=1S/C16H22N6O3S/c1-11-5-6-13(21-26(2,24)25)8-14(11)19-16(23)22-7-3-4-12(9-22)15-17-10-18-20-15/h5-6,8,10,12,21H,3-4,7,9H2,1-2H3,(H,19,23)(H,17,18,20)/t12-/m1/s1. The maximum atomic E-state index is 12.7. The lowest BCUT2D eigenvalue weighted by molar-refractivity contribution is 0.191. The van der Waals surface area contributed by atoms with Crippen LogP contribution < -0.4 is 10.0 Å². The Morgan fingerprint density at radius 1 is 1.38 bits per heavy atom. The second-order valence-corrected chi connectivity index (χ2v) is 8.24. The number of carbonyl (C=O) groups is 1. The summed E-state index contributed by atoms with van der Waals surface area (Å²) in [5, 5.41) is 9.62. The molecular formula is C16H22N6O3S. The molecule has 0 spiro atoms. The number of likely N-dealkylation sites (tertiary alicyclic amines) is 1. The van der Waals surface area contributed by atoms with Crippen LogP contribution in [0.5, 0.6) is 0 Å². The number of hydrogen-bond donors (Lipinski definition) is 3. The highest BCUT2D eigenvalue weighted by molar-refractivity contribution is 7.92. The molecule has 0 bridgehead atoms. The molecule has 140 valence electrons. The van der Waals surface area contributed by atoms with E-state index in [1.165, 1.54) is 6.33 Å². The molecule has 1 aromatic carbocycles. The summed E-state index contributed by atoms with van der Waals surface area (Å²) < 4.78 is 25.2. The number of sulfonamides is 1. The van der Waals surface area contributed by atoms with Gasteiger partial charge in [0, 0.05) is 24.7 Å². The van der Waals surface area contributed by atoms with Gasteiger partial charge in [0.15, 0.2) is 0 Å². The van der Waals surface area contributed by atoms with E-state index in [1.807, 2.05) is 6.92 Å². The lowest BCUT2D eigenvalue weighted by atomic mass is 9.98. The number of aryl methyl sites for hydroxylation is 1. The Morgan fingerprint density at radius 2 is 2.19 bits per heavy atom. The van der Waals surface area contributed by atoms with Crippen molar-refractivity contribution in [2.24, 2.45) is 0 Å². The van der Waals surface area contributed by atoms with E-state index in [9.17, 15) is 13.2 Å². The average Bonchev–Trinajstić information content (AvgIpc) is 3.11. The Kier molecular flexibility index (Phi) is 5.12. The molecule has 26 heavy (non-hydrogen) atoms. The van der Waals surface area contributed by atoms with Crippen LogP contribution in [0, 0.1) is 6.92 Å². The summed E-state index contributed by atoms with van der Waals surface area (Å²) in [5.41, 5.74) is 1.83. The fourth-order valence-electron chi connectivity index (χ4n) is 3.02. The Bertz CT molecular complexity index is 881. The number of rotatable bonds is 4. The molecule has 2 aromatic rings. The average molecular weight is 378 g/mol. The number of amides is 2. The van der Waals surface area contributed by atoms with Gasteiger partial charge in [-0.15, -0.1) is 0 Å². The summed E-state index contributed by atoms with van der Waals surface area (Å²) in [5.74, 6) is 0.925. The van der Waals surface area contributed by atoms with E-state index in [4.69, 9.17) is 0 Å². The molecule has 1 aliphatic heterocycles. The topological polar surface area (TPSA) is 120 Å². The highest BCUT2D eigenvalue weighted by Crippen LogP contribution is 2.26. The van der Waals surface area contributed by atoms with Crippen molar-refractivity contribution < 1.29 is 13.2 Å². The number of hydrogen-bond acceptors (Lipinski definition) is 5. The van der Waals surface area contributed by atoms with Crippen molar-refractivity contribution in [3.8, 4) is 0 Å². The van der Waals surface area contributed by atoms with Crippen LogP contribution in [-0.2, 0) is 10.0 Å². The molecule has 1 fully saturated rings. The highest BCUT2D eigenvalue weighted by Gasteiger charge is 2.26. The van der Waals surface area contributed by atoms with Crippen LogP contribution in [0.3, 0.4) is 0 Å². The monoisotopic (exact) mass is 378 g/mol. The number of H-pyrrole nitrogens is 1. The van der Waals surface area contributed by atoms with Crippen LogP contribution in [0.25, 0.3) is 0 Å². The summed E-state index contributed by atoms with van der Waals surface area (Å²) in [6.45, 7) is 3.07. The fourth-order valence-corrected chi connectivity index (χ4v) is 3.58. The van der Waals surface area contributed by atoms with Gasteiger partial charge in [0.2, 0.25) is 10.0 Å². The molecule has 3 rings (SSSR count). The molecule has 1 aliphatic rings. The third-order valence-corrected chi connectivity index (χ3v) is 4.92. The Balaban J connectivity index is 1.70. The number of aromatic nitrogens is 3. The highest BCUT2D eigenvalue weighted by atomic mass is 32.2. The van der Waals surface area contributed by atoms with Gasteiger partial charge in [-0.3, -0.25) is 9.82 Å². The summed E-state index contributed by atoms with van der Waals surface area (Å²) >= 11 is 0. The number of nitrogens with zero attached hydrogens (tertiary/aromatic N) is 3. The van der Waals surface area contributed by atoms with Crippen LogP contribution in [0.4, 0.5) is 16.2 Å². The van der Waals surface area contributed by atoms with E-state index < -0.39 is 10.0 Å². The molecule has 9 nitrogen and oxygen atoms in total. The second-order valence-electron chi connectivity index (χ2n) is 6.49. The first-order valence-corrected chi connectivity index (χ1v) is 10.2. The largest absolute Gasteiger partial charge is 0.324 e. The number of aromatic amines is 1. The van der Waals surface area contributed by atoms with E-state index in [-0.39, 0.29) is 11.9 Å². The van der Waals surface area contributed by atoms with Crippen molar-refractivity contribution in [3.05, 3.63) is 35.9 Å². The molecule has 1 saturated heterocycles. The summed E-state index contributed by atoms with van der Waals surface area (Å²) in [4.78, 5) is 18.6. The van der Waals surface area contributed by atoms with Gasteiger partial charge in [-0.1, -0.05) is 6.07 Å². The van der Waals surface area contributed by atoms with E-state index >= 15 is 0 Å². The second kappa shape index (κ2) is 7.32. The number of nitrogens with one attached hydrogen (secondary N) is 3. The Hall–Kier alpha value is -2.62. The van der Waals surface area contributed by atoms with E-state index in [2.05, 4.69) is 25.2 Å². The molecule has 2 amide bonds. The third-order valence-electron chi connectivity index (χ3n) is 4.31. The van der Waals surface area contributed by atoms with Gasteiger partial charge in [-0.25, -0.2) is 18.2 Å². The quantitative estimate of drug-likeness (QED) is 0.750. The first-order valence-electron chi connectivity index (χ1n) is 8.31. The minimum atomic E-state index is -3.38. The molecule has 3 N–H and O–H groups in total. The van der Waals surface area contributed by atoms with E-state index in [0.29, 0.717) is 24.5 Å². The van der Waals surface area contributed by atoms with Crippen molar-refractivity contribution in [1.82, 2.24) is 20.1 Å². The van der Waals surface area contributed by atoms with Crippen molar-refractivity contribution >= 4 is 27.4 Å². The van der Waals surface area contributed by atoms with Crippen molar-refractivity contribution in [2.75, 3.05) is 29.4 Å². The van der Waals surface area contributed by atoms with Crippen molar-refractivity contribution in [1.29, 1.82) is 0 Å². The number of benzene rings is 1. The van der Waals surface area contributed by atoms with E-state index in [0.717, 1.165) is 30.5 Å².